The fourth-order valence-electron chi connectivity index (χ4n) is 22.1. The third-order valence-electron chi connectivity index (χ3n) is 27.2. The van der Waals surface area contributed by atoms with E-state index in [9.17, 15) is 35.1 Å². The van der Waals surface area contributed by atoms with Gasteiger partial charge in [-0.1, -0.05) is 113 Å². The van der Waals surface area contributed by atoms with Crippen LogP contribution in [0.25, 0.3) is 0 Å². The van der Waals surface area contributed by atoms with Gasteiger partial charge in [0.05, 0.1) is 10.8 Å². The Bertz CT molecular complexity index is 2120. The average molecular weight is 957 g/mol. The Kier molecular flexibility index (Phi) is 12.4. The Balaban J connectivity index is 0.000000172. The summed E-state index contributed by atoms with van der Waals surface area (Å²) in [5.41, 5.74) is 3.13. The van der Waals surface area contributed by atoms with Crippen LogP contribution in [0.15, 0.2) is 23.3 Å². The number of hydrogen-bond donors (Lipinski definition) is 5. The average Bonchev–Trinajstić information content (AvgIpc) is 3.26. The van der Waals surface area contributed by atoms with Crippen molar-refractivity contribution in [1.82, 2.24) is 0 Å². The lowest BCUT2D eigenvalue weighted by molar-refractivity contribution is -0.208. The summed E-state index contributed by atoms with van der Waals surface area (Å²) in [5, 5.41) is 51.9. The van der Waals surface area contributed by atoms with Crippen LogP contribution in [-0.4, -0.2) is 57.3 Å². The maximum Gasteiger partial charge on any atom is 0.310 e. The van der Waals surface area contributed by atoms with Crippen molar-refractivity contribution in [3.05, 3.63) is 23.3 Å². The van der Waals surface area contributed by atoms with Gasteiger partial charge in [-0.3, -0.25) is 9.59 Å². The number of carboxylic acid groups (broad SMARTS) is 2. The predicted octanol–water partition coefficient (Wildman–Crippen LogP) is 13.9. The summed E-state index contributed by atoms with van der Waals surface area (Å²) in [6.07, 6.45) is 25.8. The van der Waals surface area contributed by atoms with Gasteiger partial charge in [0.25, 0.3) is 0 Å². The molecule has 17 atom stereocenters. The Morgan fingerprint density at radius 3 is 1.28 bits per heavy atom. The number of aliphatic hydroxyl groups is 3. The van der Waals surface area contributed by atoms with Gasteiger partial charge in [0, 0.05) is 19.8 Å². The highest BCUT2D eigenvalue weighted by Crippen LogP contribution is 2.78. The zero-order valence-electron chi connectivity index (χ0n) is 46.1. The van der Waals surface area contributed by atoms with Crippen molar-refractivity contribution in [2.24, 2.45) is 112 Å². The quantitative estimate of drug-likeness (QED) is 0.173. The molecule has 8 fully saturated rings. The molecule has 7 heteroatoms. The van der Waals surface area contributed by atoms with Gasteiger partial charge in [-0.25, -0.2) is 0 Å². The SMILES string of the molecule is CC1(C)CC[C@]2(C(=O)O)CC[C@]3(C)C(=CCC4[C@@]5(C)CC[C@H](CO)C(C)(C)C5CC[C@]43C)C2C1.CC1(C)CC[C@]2(C(=O)O)CC[C@]3(C)C(=CCC4[C@@]5(C)CC[C@H](CO)[C@@](C)(CO)C5CC[C@]43C)C2C1. The first-order chi connectivity index (χ1) is 31.9. The number of rotatable bonds is 5. The Morgan fingerprint density at radius 2 is 0.870 bits per heavy atom. The van der Waals surface area contributed by atoms with Gasteiger partial charge in [-0.2, -0.15) is 0 Å². The Morgan fingerprint density at radius 1 is 0.478 bits per heavy atom. The first-order valence-corrected chi connectivity index (χ1v) is 28.6. The van der Waals surface area contributed by atoms with E-state index in [0.717, 1.165) is 109 Å². The van der Waals surface area contributed by atoms with E-state index < -0.39 is 22.8 Å². The Labute approximate surface area is 419 Å². The van der Waals surface area contributed by atoms with Crippen molar-refractivity contribution >= 4 is 11.9 Å². The van der Waals surface area contributed by atoms with Gasteiger partial charge in [0.15, 0.2) is 0 Å². The van der Waals surface area contributed by atoms with E-state index in [4.69, 9.17) is 0 Å². The first kappa shape index (κ1) is 52.2. The van der Waals surface area contributed by atoms with Gasteiger partial charge in [-0.15, -0.1) is 0 Å². The second kappa shape index (κ2) is 16.4. The van der Waals surface area contributed by atoms with Crippen LogP contribution in [0.3, 0.4) is 0 Å². The maximum absolute atomic E-state index is 12.8. The highest BCUT2D eigenvalue weighted by atomic mass is 16.4. The summed E-state index contributed by atoms with van der Waals surface area (Å²) < 4.78 is 0. The van der Waals surface area contributed by atoms with Crippen LogP contribution in [0.4, 0.5) is 0 Å². The van der Waals surface area contributed by atoms with Gasteiger partial charge in [-0.05, 0) is 230 Å². The summed E-state index contributed by atoms with van der Waals surface area (Å²) in [4.78, 5) is 25.6. The van der Waals surface area contributed by atoms with E-state index >= 15 is 0 Å². The molecule has 0 bridgehead atoms. The number of carbonyl (C=O) groups is 2. The van der Waals surface area contributed by atoms with Gasteiger partial charge < -0.3 is 25.5 Å². The van der Waals surface area contributed by atoms with Crippen molar-refractivity contribution in [2.45, 2.75) is 218 Å². The lowest BCUT2D eigenvalue weighted by Gasteiger charge is -2.71. The first-order valence-electron chi connectivity index (χ1n) is 28.6. The van der Waals surface area contributed by atoms with Crippen molar-refractivity contribution in [3.8, 4) is 0 Å². The minimum Gasteiger partial charge on any atom is -0.481 e. The van der Waals surface area contributed by atoms with Crippen molar-refractivity contribution < 1.29 is 35.1 Å². The monoisotopic (exact) mass is 957 g/mol. The van der Waals surface area contributed by atoms with E-state index in [1.807, 2.05) is 0 Å². The molecule has 0 aromatic rings. The molecular formula is C62H100O7. The molecule has 0 heterocycles. The van der Waals surface area contributed by atoms with Crippen molar-refractivity contribution in [1.29, 1.82) is 0 Å². The van der Waals surface area contributed by atoms with Crippen LogP contribution >= 0.6 is 0 Å². The standard InChI is InChI=1S/C31H50O4.C31H50O3/c1-26(2)13-15-31(25(34)35)16-14-29(5)21(22(31)17-26)7-8-24-27(3)11-9-20(18-32)28(4,19-33)23(27)10-12-30(24,29)6;1-26(2)14-16-31(25(33)34)17-15-29(6)21(22(31)18-26)8-9-24-28(5)12-10-20(19-32)27(3,4)23(28)11-13-30(24,29)7/h7,20,22-24,32-33H,8-19H2,1-6H3,(H,34,35);8,20,22-24,32H,9-19H2,1-7H3,(H,33,34)/t20-,22?,23?,24?,27+,28-,29-,30-,31+;20-,22?,23?,24?,28+,29-,30-,31+/m11/s1. The zero-order valence-corrected chi connectivity index (χ0v) is 46.1. The minimum absolute atomic E-state index is 0.0321. The highest BCUT2D eigenvalue weighted by molar-refractivity contribution is 5.77. The van der Waals surface area contributed by atoms with Gasteiger partial charge in [0.1, 0.15) is 0 Å². The summed E-state index contributed by atoms with van der Waals surface area (Å²) in [6, 6.07) is 0. The molecule has 69 heavy (non-hydrogen) atoms. The fraction of sp³-hybridized carbons (Fsp3) is 0.903. The largest absolute Gasteiger partial charge is 0.481 e. The van der Waals surface area contributed by atoms with E-state index in [1.165, 1.54) is 30.4 Å². The number of fused-ring (bicyclic) bond motifs is 14. The summed E-state index contributed by atoms with van der Waals surface area (Å²) >= 11 is 0. The molecule has 0 spiro atoms. The molecule has 6 unspecified atom stereocenters. The molecule has 390 valence electrons. The van der Waals surface area contributed by atoms with Crippen LogP contribution < -0.4 is 0 Å². The molecule has 5 N–H and O–H groups in total. The lowest BCUT2D eigenvalue weighted by atomic mass is 9.33. The number of hydrogen-bond acceptors (Lipinski definition) is 5. The third-order valence-corrected chi connectivity index (χ3v) is 27.2. The topological polar surface area (TPSA) is 135 Å². The molecule has 0 aromatic heterocycles. The molecule has 8 saturated carbocycles. The molecule has 0 radical (unpaired) electrons. The van der Waals surface area contributed by atoms with E-state index in [2.05, 4.69) is 102 Å². The van der Waals surface area contributed by atoms with Crippen molar-refractivity contribution in [3.63, 3.8) is 0 Å². The van der Waals surface area contributed by atoms with E-state index in [1.54, 1.807) is 0 Å². The van der Waals surface area contributed by atoms with Crippen LogP contribution in [0.5, 0.6) is 0 Å². The molecule has 0 saturated heterocycles. The van der Waals surface area contributed by atoms with Crippen LogP contribution in [0.1, 0.15) is 218 Å². The maximum atomic E-state index is 12.8. The number of aliphatic carboxylic acids is 2. The molecule has 0 amide bonds. The van der Waals surface area contributed by atoms with Crippen LogP contribution in [0, 0.1) is 112 Å². The number of aliphatic hydroxyl groups excluding tert-OH is 3. The van der Waals surface area contributed by atoms with Gasteiger partial charge >= 0.3 is 11.9 Å². The molecule has 10 aliphatic rings. The van der Waals surface area contributed by atoms with Crippen molar-refractivity contribution in [2.75, 3.05) is 19.8 Å². The van der Waals surface area contributed by atoms with E-state index in [0.29, 0.717) is 41.6 Å². The molecular weight excluding hydrogens is 857 g/mol. The number of allylic oxidation sites excluding steroid dienone is 4. The minimum atomic E-state index is -0.584. The fourth-order valence-corrected chi connectivity index (χ4v) is 22.1. The molecule has 0 aromatic carbocycles. The second-order valence-corrected chi connectivity index (χ2v) is 30.7. The van der Waals surface area contributed by atoms with E-state index in [-0.39, 0.29) is 79.7 Å². The zero-order chi connectivity index (χ0) is 50.6. The molecule has 10 rings (SSSR count). The normalized spacial score (nSPS) is 52.1. The molecule has 0 aliphatic heterocycles. The Hall–Kier alpha value is -1.70. The predicted molar refractivity (Wildman–Crippen MR) is 276 cm³/mol. The summed E-state index contributed by atoms with van der Waals surface area (Å²) in [7, 11) is 0. The van der Waals surface area contributed by atoms with Crippen LogP contribution in [-0.2, 0) is 9.59 Å². The third kappa shape index (κ3) is 6.90. The smallest absolute Gasteiger partial charge is 0.310 e. The van der Waals surface area contributed by atoms with Crippen LogP contribution in [0.2, 0.25) is 0 Å². The summed E-state index contributed by atoms with van der Waals surface area (Å²) in [6.45, 7) is 32.4. The highest BCUT2D eigenvalue weighted by Gasteiger charge is 2.72. The summed E-state index contributed by atoms with van der Waals surface area (Å²) in [5.74, 6) is 2.06. The molecule has 7 nitrogen and oxygen atoms in total. The molecule has 10 aliphatic carbocycles. The van der Waals surface area contributed by atoms with Gasteiger partial charge in [0.2, 0.25) is 0 Å². The number of carboxylic acids is 2. The second-order valence-electron chi connectivity index (χ2n) is 30.7. The lowest BCUT2D eigenvalue weighted by Crippen LogP contribution is -2.65.